The Morgan fingerprint density at radius 2 is 2.29 bits per heavy atom. The molecular weight excluding hydrogens is 238 g/mol. The molecule has 1 aromatic rings. The fraction of sp³-hybridized carbons (Fsp3) is 0.727. The van der Waals surface area contributed by atoms with Gasteiger partial charge in [-0.2, -0.15) is 0 Å². The Labute approximate surface area is 105 Å². The predicted molar refractivity (Wildman–Crippen MR) is 64.9 cm³/mol. The predicted octanol–water partition coefficient (Wildman–Crippen LogP) is 1.66. The van der Waals surface area contributed by atoms with E-state index in [1.165, 1.54) is 24.6 Å². The second-order valence-corrected chi connectivity index (χ2v) is 4.90. The summed E-state index contributed by atoms with van der Waals surface area (Å²) >= 11 is 1.41. The van der Waals surface area contributed by atoms with Crippen LogP contribution in [0.5, 0.6) is 0 Å². The molecule has 0 radical (unpaired) electrons. The third-order valence-corrected chi connectivity index (χ3v) is 3.64. The number of aryl methyl sites for hydroxylation is 1. The van der Waals surface area contributed by atoms with Crippen LogP contribution < -0.4 is 0 Å². The van der Waals surface area contributed by atoms with Crippen LogP contribution in [-0.2, 0) is 22.5 Å². The van der Waals surface area contributed by atoms with E-state index in [4.69, 9.17) is 4.74 Å². The van der Waals surface area contributed by atoms with Gasteiger partial charge in [0.05, 0.1) is 12.4 Å². The summed E-state index contributed by atoms with van der Waals surface area (Å²) in [7, 11) is 0. The lowest BCUT2D eigenvalue weighted by molar-refractivity contribution is -0.139. The molecule has 94 valence electrons. The highest BCUT2D eigenvalue weighted by atomic mass is 32.2. The Hall–Kier alpha value is -1.04. The Morgan fingerprint density at radius 3 is 3.12 bits per heavy atom. The molecule has 6 heteroatoms. The minimum absolute atomic E-state index is 0.191. The van der Waals surface area contributed by atoms with Crippen LogP contribution in [0.4, 0.5) is 0 Å². The van der Waals surface area contributed by atoms with Gasteiger partial charge in [-0.15, -0.1) is 10.2 Å². The van der Waals surface area contributed by atoms with Gasteiger partial charge >= 0.3 is 5.97 Å². The van der Waals surface area contributed by atoms with E-state index >= 15 is 0 Å². The summed E-state index contributed by atoms with van der Waals surface area (Å²) in [6, 6.07) is 0. The molecule has 0 bridgehead atoms. The lowest BCUT2D eigenvalue weighted by Crippen LogP contribution is -2.08. The molecule has 1 aliphatic heterocycles. The van der Waals surface area contributed by atoms with Gasteiger partial charge in [-0.25, -0.2) is 0 Å². The average molecular weight is 255 g/mol. The molecule has 5 nitrogen and oxygen atoms in total. The molecule has 0 atom stereocenters. The summed E-state index contributed by atoms with van der Waals surface area (Å²) in [6.07, 6.45) is 4.58. The van der Waals surface area contributed by atoms with E-state index in [0.29, 0.717) is 12.4 Å². The molecular formula is C11H17N3O2S. The van der Waals surface area contributed by atoms with Gasteiger partial charge in [-0.1, -0.05) is 18.2 Å². The molecule has 1 aromatic heterocycles. The first-order valence-corrected chi connectivity index (χ1v) is 7.00. The van der Waals surface area contributed by atoms with E-state index in [9.17, 15) is 4.79 Å². The largest absolute Gasteiger partial charge is 0.465 e. The average Bonchev–Trinajstić information content (AvgIpc) is 2.56. The number of nitrogens with zero attached hydrogens (tertiary/aromatic N) is 3. The van der Waals surface area contributed by atoms with Crippen molar-refractivity contribution in [1.82, 2.24) is 14.8 Å². The molecule has 0 unspecified atom stereocenters. The van der Waals surface area contributed by atoms with E-state index in [1.807, 2.05) is 6.92 Å². The molecule has 1 aliphatic rings. The van der Waals surface area contributed by atoms with Gasteiger partial charge in [0.25, 0.3) is 0 Å². The Balaban J connectivity index is 1.97. The number of fused-ring (bicyclic) bond motifs is 1. The molecule has 2 heterocycles. The monoisotopic (exact) mass is 255 g/mol. The number of carbonyl (C=O) groups excluding carboxylic acids is 1. The summed E-state index contributed by atoms with van der Waals surface area (Å²) in [5, 5.41) is 9.16. The van der Waals surface area contributed by atoms with Crippen LogP contribution >= 0.6 is 11.8 Å². The maximum Gasteiger partial charge on any atom is 0.316 e. The fourth-order valence-electron chi connectivity index (χ4n) is 1.89. The highest BCUT2D eigenvalue weighted by Gasteiger charge is 2.16. The van der Waals surface area contributed by atoms with Gasteiger partial charge in [-0.3, -0.25) is 4.79 Å². The van der Waals surface area contributed by atoms with Crippen molar-refractivity contribution in [2.45, 2.75) is 44.3 Å². The molecule has 0 amide bonds. The summed E-state index contributed by atoms with van der Waals surface area (Å²) in [6.45, 7) is 3.20. The number of esters is 1. The summed E-state index contributed by atoms with van der Waals surface area (Å²) < 4.78 is 7.03. The number of aromatic nitrogens is 3. The first kappa shape index (κ1) is 12.4. The van der Waals surface area contributed by atoms with Crippen LogP contribution in [-0.4, -0.2) is 33.1 Å². The maximum absolute atomic E-state index is 11.3. The van der Waals surface area contributed by atoms with Crippen LogP contribution in [0.2, 0.25) is 0 Å². The van der Waals surface area contributed by atoms with Crippen LogP contribution in [0, 0.1) is 0 Å². The molecule has 0 N–H and O–H groups in total. The number of ether oxygens (including phenoxy) is 1. The standard InChI is InChI=1S/C11H17N3O2S/c1-2-16-10(15)8-17-11-13-12-9-6-4-3-5-7-14(9)11/h2-8H2,1H3. The molecule has 17 heavy (non-hydrogen) atoms. The van der Waals surface area contributed by atoms with Crippen LogP contribution in [0.1, 0.15) is 32.0 Å². The van der Waals surface area contributed by atoms with Crippen molar-refractivity contribution >= 4 is 17.7 Å². The van der Waals surface area contributed by atoms with E-state index in [-0.39, 0.29) is 5.97 Å². The highest BCUT2D eigenvalue weighted by molar-refractivity contribution is 7.99. The van der Waals surface area contributed by atoms with Crippen molar-refractivity contribution in [3.8, 4) is 0 Å². The molecule has 0 aromatic carbocycles. The van der Waals surface area contributed by atoms with Crippen molar-refractivity contribution in [2.24, 2.45) is 0 Å². The van der Waals surface area contributed by atoms with Crippen molar-refractivity contribution in [2.75, 3.05) is 12.4 Å². The number of carbonyl (C=O) groups is 1. The molecule has 0 saturated heterocycles. The van der Waals surface area contributed by atoms with Gasteiger partial charge < -0.3 is 9.30 Å². The summed E-state index contributed by atoms with van der Waals surface area (Å²) in [4.78, 5) is 11.3. The minimum Gasteiger partial charge on any atom is -0.465 e. The zero-order valence-corrected chi connectivity index (χ0v) is 10.8. The Bertz CT molecular complexity index is 392. The molecule has 0 saturated carbocycles. The third kappa shape index (κ3) is 3.21. The molecule has 0 fully saturated rings. The molecule has 0 spiro atoms. The van der Waals surface area contributed by atoms with E-state index < -0.39 is 0 Å². The highest BCUT2D eigenvalue weighted by Crippen LogP contribution is 2.21. The lowest BCUT2D eigenvalue weighted by Gasteiger charge is -2.05. The Morgan fingerprint density at radius 1 is 1.41 bits per heavy atom. The SMILES string of the molecule is CCOC(=O)CSc1nnc2n1CCCCC2. The zero-order valence-electron chi connectivity index (χ0n) is 10.0. The van der Waals surface area contributed by atoms with E-state index in [0.717, 1.165) is 30.4 Å². The number of rotatable bonds is 4. The van der Waals surface area contributed by atoms with E-state index in [2.05, 4.69) is 14.8 Å². The molecule has 2 rings (SSSR count). The number of hydrogen-bond donors (Lipinski definition) is 0. The van der Waals surface area contributed by atoms with Crippen LogP contribution in [0.3, 0.4) is 0 Å². The quantitative estimate of drug-likeness (QED) is 0.605. The summed E-state index contributed by atoms with van der Waals surface area (Å²) in [5.74, 6) is 1.17. The first-order chi connectivity index (χ1) is 8.31. The number of hydrogen-bond acceptors (Lipinski definition) is 5. The second kappa shape index (κ2) is 6.05. The van der Waals surface area contributed by atoms with E-state index in [1.54, 1.807) is 0 Å². The van der Waals surface area contributed by atoms with Gasteiger partial charge in [0.2, 0.25) is 0 Å². The van der Waals surface area contributed by atoms with Gasteiger partial charge in [0.15, 0.2) is 5.16 Å². The van der Waals surface area contributed by atoms with Crippen LogP contribution in [0.25, 0.3) is 0 Å². The van der Waals surface area contributed by atoms with Crippen molar-refractivity contribution in [3.05, 3.63) is 5.82 Å². The van der Waals surface area contributed by atoms with Crippen molar-refractivity contribution < 1.29 is 9.53 Å². The smallest absolute Gasteiger partial charge is 0.316 e. The van der Waals surface area contributed by atoms with Crippen molar-refractivity contribution in [1.29, 1.82) is 0 Å². The first-order valence-electron chi connectivity index (χ1n) is 6.01. The fourth-order valence-corrected chi connectivity index (χ4v) is 2.67. The maximum atomic E-state index is 11.3. The topological polar surface area (TPSA) is 57.0 Å². The number of thioether (sulfide) groups is 1. The normalized spacial score (nSPS) is 15.1. The third-order valence-electron chi connectivity index (χ3n) is 2.70. The van der Waals surface area contributed by atoms with Gasteiger partial charge in [0.1, 0.15) is 5.82 Å². The van der Waals surface area contributed by atoms with Gasteiger partial charge in [0, 0.05) is 13.0 Å². The lowest BCUT2D eigenvalue weighted by atomic mass is 10.2. The Kier molecular flexibility index (Phi) is 4.42. The summed E-state index contributed by atoms with van der Waals surface area (Å²) in [5.41, 5.74) is 0. The zero-order chi connectivity index (χ0) is 12.1. The second-order valence-electron chi connectivity index (χ2n) is 3.95. The minimum atomic E-state index is -0.191. The van der Waals surface area contributed by atoms with Crippen LogP contribution in [0.15, 0.2) is 5.16 Å². The van der Waals surface area contributed by atoms with Gasteiger partial charge in [-0.05, 0) is 19.8 Å². The molecule has 0 aliphatic carbocycles. The van der Waals surface area contributed by atoms with Crippen molar-refractivity contribution in [3.63, 3.8) is 0 Å².